The summed E-state index contributed by atoms with van der Waals surface area (Å²) in [7, 11) is 0. The lowest BCUT2D eigenvalue weighted by Crippen LogP contribution is -2.34. The van der Waals surface area contributed by atoms with Gasteiger partial charge < -0.3 is 10.2 Å². The van der Waals surface area contributed by atoms with Gasteiger partial charge in [0.25, 0.3) is 0 Å². The monoisotopic (exact) mass is 237 g/mol. The molecule has 0 bridgehead atoms. The molecule has 0 heterocycles. The van der Waals surface area contributed by atoms with Gasteiger partial charge in [0.05, 0.1) is 6.10 Å². The summed E-state index contributed by atoms with van der Waals surface area (Å²) in [6, 6.07) is 8.21. The topological polar surface area (TPSA) is 69.6 Å². The number of nitrogens with one attached hydrogen (secondary N) is 1. The number of aliphatic carboxylic acids is 1. The summed E-state index contributed by atoms with van der Waals surface area (Å²) in [5, 5.41) is 21.6. The summed E-state index contributed by atoms with van der Waals surface area (Å²) in [5.41, 5.74) is 0.698. The third-order valence-electron chi connectivity index (χ3n) is 2.56. The first-order valence-corrected chi connectivity index (χ1v) is 5.84. The molecule has 0 spiro atoms. The minimum atomic E-state index is -0.931. The Labute approximate surface area is 101 Å². The summed E-state index contributed by atoms with van der Waals surface area (Å²) in [6.07, 6.45) is 1.06. The van der Waals surface area contributed by atoms with Crippen LogP contribution in [0.4, 0.5) is 0 Å². The molecule has 1 rings (SSSR count). The number of benzene rings is 1. The number of carboxylic acid groups (broad SMARTS) is 1. The van der Waals surface area contributed by atoms with Crippen molar-refractivity contribution < 1.29 is 15.0 Å². The molecule has 1 aromatic carbocycles. The lowest BCUT2D eigenvalue weighted by atomic mass is 10.1. The molecule has 0 radical (unpaired) electrons. The number of carboxylic acids is 1. The first-order valence-electron chi connectivity index (χ1n) is 5.84. The Kier molecular flexibility index (Phi) is 5.66. The van der Waals surface area contributed by atoms with Crippen LogP contribution in [-0.4, -0.2) is 28.8 Å². The van der Waals surface area contributed by atoms with E-state index >= 15 is 0 Å². The van der Waals surface area contributed by atoms with Gasteiger partial charge in [-0.1, -0.05) is 43.7 Å². The Morgan fingerprint density at radius 3 is 2.53 bits per heavy atom. The van der Waals surface area contributed by atoms with Crippen LogP contribution in [0.25, 0.3) is 0 Å². The standard InChI is InChI=1S/C13H19NO3/c1-2-6-11(15)9-14-12(13(16)17)10-7-4-3-5-8-10/h3-5,7-8,11-12,14-15H,2,6,9H2,1H3,(H,16,17). The molecule has 4 nitrogen and oxygen atoms in total. The quantitative estimate of drug-likeness (QED) is 0.673. The number of aliphatic hydroxyl groups is 1. The maximum absolute atomic E-state index is 11.1. The molecule has 0 aliphatic heterocycles. The van der Waals surface area contributed by atoms with E-state index in [2.05, 4.69) is 5.32 Å². The zero-order valence-corrected chi connectivity index (χ0v) is 9.97. The molecule has 4 heteroatoms. The summed E-state index contributed by atoms with van der Waals surface area (Å²) in [5.74, 6) is -0.931. The van der Waals surface area contributed by atoms with Crippen molar-refractivity contribution >= 4 is 5.97 Å². The van der Waals surface area contributed by atoms with Gasteiger partial charge in [-0.2, -0.15) is 0 Å². The van der Waals surface area contributed by atoms with Crippen LogP contribution in [0.3, 0.4) is 0 Å². The van der Waals surface area contributed by atoms with Crippen molar-refractivity contribution in [1.29, 1.82) is 0 Å². The van der Waals surface area contributed by atoms with E-state index < -0.39 is 18.1 Å². The summed E-state index contributed by atoms with van der Waals surface area (Å²) in [4.78, 5) is 11.1. The molecule has 0 saturated carbocycles. The third kappa shape index (κ3) is 4.54. The Morgan fingerprint density at radius 1 is 1.35 bits per heavy atom. The van der Waals surface area contributed by atoms with Gasteiger partial charge in [0, 0.05) is 6.54 Å². The minimum Gasteiger partial charge on any atom is -0.480 e. The van der Waals surface area contributed by atoms with Gasteiger partial charge in [-0.3, -0.25) is 10.1 Å². The Hall–Kier alpha value is -1.39. The zero-order chi connectivity index (χ0) is 12.7. The number of aliphatic hydroxyl groups excluding tert-OH is 1. The summed E-state index contributed by atoms with van der Waals surface area (Å²) >= 11 is 0. The predicted octanol–water partition coefficient (Wildman–Crippen LogP) is 1.56. The van der Waals surface area contributed by atoms with E-state index in [1.807, 2.05) is 13.0 Å². The molecule has 0 fully saturated rings. The van der Waals surface area contributed by atoms with Crippen molar-refractivity contribution in [2.24, 2.45) is 0 Å². The average Bonchev–Trinajstić information content (AvgIpc) is 2.30. The molecule has 0 amide bonds. The van der Waals surface area contributed by atoms with Gasteiger partial charge in [0.15, 0.2) is 0 Å². The van der Waals surface area contributed by atoms with Crippen molar-refractivity contribution in [2.75, 3.05) is 6.54 Å². The lowest BCUT2D eigenvalue weighted by molar-refractivity contribution is -0.139. The first kappa shape index (κ1) is 13.7. The van der Waals surface area contributed by atoms with Crippen molar-refractivity contribution in [3.63, 3.8) is 0 Å². The molecule has 0 saturated heterocycles. The fourth-order valence-electron chi connectivity index (χ4n) is 1.68. The van der Waals surface area contributed by atoms with Crippen LogP contribution < -0.4 is 5.32 Å². The smallest absolute Gasteiger partial charge is 0.325 e. The van der Waals surface area contributed by atoms with E-state index in [1.165, 1.54) is 0 Å². The molecule has 2 atom stereocenters. The van der Waals surface area contributed by atoms with Gasteiger partial charge in [0.1, 0.15) is 6.04 Å². The second-order valence-corrected chi connectivity index (χ2v) is 4.03. The maximum Gasteiger partial charge on any atom is 0.325 e. The number of rotatable bonds is 7. The highest BCUT2D eigenvalue weighted by Crippen LogP contribution is 2.12. The highest BCUT2D eigenvalue weighted by atomic mass is 16.4. The Balaban J connectivity index is 2.59. The molecule has 94 valence electrons. The van der Waals surface area contributed by atoms with Gasteiger partial charge in [-0.05, 0) is 12.0 Å². The molecule has 0 aliphatic carbocycles. The van der Waals surface area contributed by atoms with Crippen LogP contribution in [0.1, 0.15) is 31.4 Å². The van der Waals surface area contributed by atoms with Crippen LogP contribution in [0, 0.1) is 0 Å². The number of hydrogen-bond donors (Lipinski definition) is 3. The van der Waals surface area contributed by atoms with E-state index in [4.69, 9.17) is 5.11 Å². The second-order valence-electron chi connectivity index (χ2n) is 4.03. The maximum atomic E-state index is 11.1. The van der Waals surface area contributed by atoms with Gasteiger partial charge in [-0.25, -0.2) is 0 Å². The van der Waals surface area contributed by atoms with Crippen molar-refractivity contribution in [3.05, 3.63) is 35.9 Å². The van der Waals surface area contributed by atoms with E-state index in [1.54, 1.807) is 24.3 Å². The second kappa shape index (κ2) is 7.04. The Morgan fingerprint density at radius 2 is 2.00 bits per heavy atom. The number of hydrogen-bond acceptors (Lipinski definition) is 3. The highest BCUT2D eigenvalue weighted by Gasteiger charge is 2.19. The lowest BCUT2D eigenvalue weighted by Gasteiger charge is -2.17. The fourth-order valence-corrected chi connectivity index (χ4v) is 1.68. The van der Waals surface area contributed by atoms with E-state index in [9.17, 15) is 9.90 Å². The van der Waals surface area contributed by atoms with Crippen LogP contribution in [0.5, 0.6) is 0 Å². The van der Waals surface area contributed by atoms with Crippen LogP contribution in [-0.2, 0) is 4.79 Å². The van der Waals surface area contributed by atoms with Crippen LogP contribution in [0.15, 0.2) is 30.3 Å². The fraction of sp³-hybridized carbons (Fsp3) is 0.462. The van der Waals surface area contributed by atoms with Crippen LogP contribution in [0.2, 0.25) is 0 Å². The highest BCUT2D eigenvalue weighted by molar-refractivity contribution is 5.75. The summed E-state index contributed by atoms with van der Waals surface area (Å²) in [6.45, 7) is 2.27. The average molecular weight is 237 g/mol. The molecule has 17 heavy (non-hydrogen) atoms. The molecule has 0 aliphatic rings. The molecule has 0 aromatic heterocycles. The van der Waals surface area contributed by atoms with Crippen LogP contribution >= 0.6 is 0 Å². The molecular formula is C13H19NO3. The van der Waals surface area contributed by atoms with E-state index in [0.29, 0.717) is 18.5 Å². The minimum absolute atomic E-state index is 0.291. The predicted molar refractivity (Wildman–Crippen MR) is 65.7 cm³/mol. The first-order chi connectivity index (χ1) is 8.15. The molecular weight excluding hydrogens is 218 g/mol. The van der Waals surface area contributed by atoms with Crippen molar-refractivity contribution in [3.8, 4) is 0 Å². The molecule has 2 unspecified atom stereocenters. The van der Waals surface area contributed by atoms with Gasteiger partial charge >= 0.3 is 5.97 Å². The largest absolute Gasteiger partial charge is 0.480 e. The van der Waals surface area contributed by atoms with E-state index in [0.717, 1.165) is 6.42 Å². The zero-order valence-electron chi connectivity index (χ0n) is 9.97. The normalized spacial score (nSPS) is 14.2. The van der Waals surface area contributed by atoms with Gasteiger partial charge in [-0.15, -0.1) is 0 Å². The van der Waals surface area contributed by atoms with Crippen molar-refractivity contribution in [2.45, 2.75) is 31.9 Å². The van der Waals surface area contributed by atoms with Gasteiger partial charge in [0.2, 0.25) is 0 Å². The Bertz CT molecular complexity index is 340. The SMILES string of the molecule is CCCC(O)CNC(C(=O)O)c1ccccc1. The third-order valence-corrected chi connectivity index (χ3v) is 2.56. The van der Waals surface area contributed by atoms with E-state index in [-0.39, 0.29) is 0 Å². The van der Waals surface area contributed by atoms with Crippen molar-refractivity contribution in [1.82, 2.24) is 5.32 Å². The summed E-state index contributed by atoms with van der Waals surface area (Å²) < 4.78 is 0. The molecule has 1 aromatic rings. The molecule has 3 N–H and O–H groups in total. The number of carbonyl (C=O) groups is 1.